The van der Waals surface area contributed by atoms with Gasteiger partial charge in [-0.3, -0.25) is 0 Å². The van der Waals surface area contributed by atoms with Gasteiger partial charge in [0.1, 0.15) is 5.75 Å². The van der Waals surface area contributed by atoms with Crippen molar-refractivity contribution in [1.82, 2.24) is 0 Å². The topological polar surface area (TPSA) is 18.5 Å². The first kappa shape index (κ1) is 11.5. The molecule has 0 aromatic heterocycles. The molecule has 0 N–H and O–H groups in total. The third kappa shape index (κ3) is 2.22. The fourth-order valence-electron chi connectivity index (χ4n) is 2.23. The monoisotopic (exact) mass is 220 g/mol. The van der Waals surface area contributed by atoms with Crippen LogP contribution in [0.4, 0.5) is 0 Å². The quantitative estimate of drug-likeness (QED) is 0.773. The van der Waals surface area contributed by atoms with Crippen molar-refractivity contribution >= 4 is 0 Å². The van der Waals surface area contributed by atoms with Crippen LogP contribution in [0.1, 0.15) is 38.7 Å². The Morgan fingerprint density at radius 3 is 2.88 bits per heavy atom. The molecule has 1 saturated heterocycles. The van der Waals surface area contributed by atoms with E-state index in [2.05, 4.69) is 26.0 Å². The van der Waals surface area contributed by atoms with Crippen molar-refractivity contribution in [2.45, 2.75) is 38.7 Å². The Labute approximate surface area is 97.6 Å². The summed E-state index contributed by atoms with van der Waals surface area (Å²) in [6.07, 6.45) is 3.25. The van der Waals surface area contributed by atoms with Crippen molar-refractivity contribution in [3.05, 3.63) is 29.8 Å². The average molecular weight is 220 g/mol. The molecule has 0 radical (unpaired) electrons. The maximum absolute atomic E-state index is 5.87. The summed E-state index contributed by atoms with van der Waals surface area (Å²) >= 11 is 0. The highest BCUT2D eigenvalue weighted by Gasteiger charge is 2.34. The molecule has 1 atom stereocenters. The zero-order valence-corrected chi connectivity index (χ0v) is 10.2. The molecule has 0 spiro atoms. The number of hydrogen-bond donors (Lipinski definition) is 0. The molecule has 0 bridgehead atoms. The molecule has 2 heteroatoms. The first-order valence-electron chi connectivity index (χ1n) is 6.12. The molecule has 0 aliphatic carbocycles. The van der Waals surface area contributed by atoms with Crippen LogP contribution in [-0.4, -0.2) is 13.2 Å². The van der Waals surface area contributed by atoms with Crippen molar-refractivity contribution in [3.8, 4) is 5.75 Å². The van der Waals surface area contributed by atoms with Gasteiger partial charge in [0.15, 0.2) is 0 Å². The molecular formula is C14H20O2. The van der Waals surface area contributed by atoms with Crippen LogP contribution in [0.15, 0.2) is 24.3 Å². The van der Waals surface area contributed by atoms with E-state index >= 15 is 0 Å². The number of benzene rings is 1. The molecule has 0 amide bonds. The van der Waals surface area contributed by atoms with Crippen LogP contribution in [0.25, 0.3) is 0 Å². The van der Waals surface area contributed by atoms with Gasteiger partial charge in [0, 0.05) is 12.2 Å². The van der Waals surface area contributed by atoms with E-state index in [-0.39, 0.29) is 5.60 Å². The van der Waals surface area contributed by atoms with Crippen LogP contribution in [0.2, 0.25) is 0 Å². The van der Waals surface area contributed by atoms with E-state index in [1.54, 1.807) is 0 Å². The van der Waals surface area contributed by atoms with Crippen molar-refractivity contribution in [1.29, 1.82) is 0 Å². The summed E-state index contributed by atoms with van der Waals surface area (Å²) in [6.45, 7) is 5.91. The van der Waals surface area contributed by atoms with Gasteiger partial charge in [-0.25, -0.2) is 0 Å². The zero-order valence-electron chi connectivity index (χ0n) is 10.2. The molecule has 1 aliphatic heterocycles. The van der Waals surface area contributed by atoms with Gasteiger partial charge >= 0.3 is 0 Å². The smallest absolute Gasteiger partial charge is 0.125 e. The Morgan fingerprint density at radius 2 is 2.19 bits per heavy atom. The van der Waals surface area contributed by atoms with Crippen LogP contribution in [0.3, 0.4) is 0 Å². The number of hydrogen-bond acceptors (Lipinski definition) is 2. The lowest BCUT2D eigenvalue weighted by atomic mass is 9.92. The van der Waals surface area contributed by atoms with Gasteiger partial charge in [0.25, 0.3) is 0 Å². The molecule has 1 unspecified atom stereocenters. The van der Waals surface area contributed by atoms with Crippen molar-refractivity contribution in [2.75, 3.05) is 13.2 Å². The van der Waals surface area contributed by atoms with Gasteiger partial charge in [0.2, 0.25) is 0 Å². The zero-order chi connectivity index (χ0) is 11.4. The molecule has 0 saturated carbocycles. The molecule has 2 rings (SSSR count). The molecule has 1 aliphatic rings. The van der Waals surface area contributed by atoms with Gasteiger partial charge in [-0.05, 0) is 32.3 Å². The summed E-state index contributed by atoms with van der Waals surface area (Å²) in [5.41, 5.74) is 1.05. The number of rotatable bonds is 4. The van der Waals surface area contributed by atoms with E-state index in [4.69, 9.17) is 9.47 Å². The molecule has 2 nitrogen and oxygen atoms in total. The summed E-state index contributed by atoms with van der Waals surface area (Å²) in [5, 5.41) is 0. The fourth-order valence-corrected chi connectivity index (χ4v) is 2.23. The normalized spacial score (nSPS) is 24.6. The van der Waals surface area contributed by atoms with Crippen LogP contribution < -0.4 is 4.74 Å². The van der Waals surface area contributed by atoms with E-state index in [1.807, 2.05) is 12.1 Å². The molecule has 1 aromatic rings. The molecular weight excluding hydrogens is 200 g/mol. The SMILES string of the molecule is CCCOc1ccccc1C1(C)CCCO1. The highest BCUT2D eigenvalue weighted by molar-refractivity contribution is 5.38. The largest absolute Gasteiger partial charge is 0.493 e. The summed E-state index contributed by atoms with van der Waals surface area (Å²) in [6, 6.07) is 8.24. The third-order valence-electron chi connectivity index (χ3n) is 3.14. The lowest BCUT2D eigenvalue weighted by molar-refractivity contribution is 0.0145. The van der Waals surface area contributed by atoms with Gasteiger partial charge in [-0.1, -0.05) is 25.1 Å². The first-order chi connectivity index (χ1) is 7.76. The predicted molar refractivity (Wildman–Crippen MR) is 64.8 cm³/mol. The van der Waals surface area contributed by atoms with Crippen molar-refractivity contribution in [3.63, 3.8) is 0 Å². The van der Waals surface area contributed by atoms with E-state index in [9.17, 15) is 0 Å². The minimum Gasteiger partial charge on any atom is -0.493 e. The molecule has 1 aromatic carbocycles. The Hall–Kier alpha value is -1.02. The van der Waals surface area contributed by atoms with Crippen LogP contribution in [-0.2, 0) is 10.3 Å². The third-order valence-corrected chi connectivity index (χ3v) is 3.14. The Balaban J connectivity index is 2.24. The summed E-state index contributed by atoms with van der Waals surface area (Å²) in [5.74, 6) is 0.980. The molecule has 88 valence electrons. The molecule has 1 heterocycles. The predicted octanol–water partition coefficient (Wildman–Crippen LogP) is 3.50. The maximum atomic E-state index is 5.87. The van der Waals surface area contributed by atoms with Crippen molar-refractivity contribution in [2.24, 2.45) is 0 Å². The van der Waals surface area contributed by atoms with Crippen LogP contribution >= 0.6 is 0 Å². The maximum Gasteiger partial charge on any atom is 0.125 e. The van der Waals surface area contributed by atoms with Gasteiger partial charge in [0.05, 0.1) is 12.2 Å². The van der Waals surface area contributed by atoms with E-state index in [0.717, 1.165) is 38.2 Å². The first-order valence-corrected chi connectivity index (χ1v) is 6.12. The Kier molecular flexibility index (Phi) is 3.49. The lowest BCUT2D eigenvalue weighted by Crippen LogP contribution is -2.21. The lowest BCUT2D eigenvalue weighted by Gasteiger charge is -2.26. The van der Waals surface area contributed by atoms with E-state index < -0.39 is 0 Å². The minimum absolute atomic E-state index is 0.148. The fraction of sp³-hybridized carbons (Fsp3) is 0.571. The Bertz CT molecular complexity index is 340. The average Bonchev–Trinajstić information content (AvgIpc) is 2.75. The highest BCUT2D eigenvalue weighted by atomic mass is 16.5. The van der Waals surface area contributed by atoms with Crippen molar-refractivity contribution < 1.29 is 9.47 Å². The summed E-state index contributed by atoms with van der Waals surface area (Å²) in [4.78, 5) is 0. The minimum atomic E-state index is -0.148. The van der Waals surface area contributed by atoms with E-state index in [1.165, 1.54) is 5.56 Å². The second kappa shape index (κ2) is 4.88. The highest BCUT2D eigenvalue weighted by Crippen LogP contribution is 2.40. The standard InChI is InChI=1S/C14H20O2/c1-3-10-15-13-8-5-4-7-12(13)14(2)9-6-11-16-14/h4-5,7-8H,3,6,9-11H2,1-2H3. The van der Waals surface area contributed by atoms with Crippen LogP contribution in [0.5, 0.6) is 5.75 Å². The Morgan fingerprint density at radius 1 is 1.38 bits per heavy atom. The second-order valence-electron chi connectivity index (χ2n) is 4.53. The van der Waals surface area contributed by atoms with Gasteiger partial charge in [-0.2, -0.15) is 0 Å². The number of ether oxygens (including phenoxy) is 2. The summed E-state index contributed by atoms with van der Waals surface area (Å²) < 4.78 is 11.7. The van der Waals surface area contributed by atoms with Gasteiger partial charge in [-0.15, -0.1) is 0 Å². The molecule has 16 heavy (non-hydrogen) atoms. The number of para-hydroxylation sites is 1. The summed E-state index contributed by atoms with van der Waals surface area (Å²) in [7, 11) is 0. The second-order valence-corrected chi connectivity index (χ2v) is 4.53. The van der Waals surface area contributed by atoms with Crippen LogP contribution in [0, 0.1) is 0 Å². The van der Waals surface area contributed by atoms with Gasteiger partial charge < -0.3 is 9.47 Å². The van der Waals surface area contributed by atoms with E-state index in [0.29, 0.717) is 0 Å². The molecule has 1 fully saturated rings.